The van der Waals surface area contributed by atoms with Crippen LogP contribution in [0, 0.1) is 18.7 Å². The van der Waals surface area contributed by atoms with E-state index in [0.29, 0.717) is 48.3 Å². The number of anilines is 3. The number of morpholine rings is 1. The summed E-state index contributed by atoms with van der Waals surface area (Å²) in [6.45, 7) is 4.43. The number of aryl methyl sites for hydroxylation is 1. The molecule has 158 valence electrons. The first-order valence-corrected chi connectivity index (χ1v) is 10.3. The summed E-state index contributed by atoms with van der Waals surface area (Å²) in [4.78, 5) is 29.0. The Hall–Kier alpha value is -2.64. The van der Waals surface area contributed by atoms with E-state index >= 15 is 0 Å². The molecule has 6 nitrogen and oxygen atoms in total. The molecule has 2 saturated heterocycles. The van der Waals surface area contributed by atoms with Gasteiger partial charge in [0, 0.05) is 31.7 Å². The zero-order chi connectivity index (χ0) is 21.3. The quantitative estimate of drug-likeness (QED) is 0.803. The van der Waals surface area contributed by atoms with E-state index in [2.05, 4.69) is 10.2 Å². The summed E-state index contributed by atoms with van der Waals surface area (Å²) in [5, 5.41) is 3.49. The number of hydrogen-bond donors (Lipinski definition) is 1. The van der Waals surface area contributed by atoms with Crippen LogP contribution in [0.25, 0.3) is 0 Å². The Morgan fingerprint density at radius 1 is 1.23 bits per heavy atom. The van der Waals surface area contributed by atoms with Crippen molar-refractivity contribution in [2.75, 3.05) is 48.0 Å². The summed E-state index contributed by atoms with van der Waals surface area (Å²) in [5.41, 5.74) is 2.35. The van der Waals surface area contributed by atoms with E-state index in [0.717, 1.165) is 5.69 Å². The number of amides is 2. The molecule has 2 aromatic rings. The summed E-state index contributed by atoms with van der Waals surface area (Å²) in [5.74, 6) is -1.35. The van der Waals surface area contributed by atoms with Gasteiger partial charge in [-0.1, -0.05) is 23.7 Å². The Balaban J connectivity index is 1.50. The van der Waals surface area contributed by atoms with Gasteiger partial charge in [0.1, 0.15) is 5.82 Å². The van der Waals surface area contributed by atoms with Crippen LogP contribution in [0.15, 0.2) is 36.4 Å². The number of nitrogens with zero attached hydrogens (tertiary/aromatic N) is 2. The maximum atomic E-state index is 13.9. The lowest BCUT2D eigenvalue weighted by molar-refractivity contribution is -0.122. The Morgan fingerprint density at radius 2 is 2.00 bits per heavy atom. The van der Waals surface area contributed by atoms with Crippen molar-refractivity contribution < 1.29 is 18.7 Å². The molecule has 2 aliphatic heterocycles. The summed E-state index contributed by atoms with van der Waals surface area (Å²) in [6, 6.07) is 10.0. The molecule has 1 N–H and O–H groups in total. The third kappa shape index (κ3) is 4.13. The highest BCUT2D eigenvalue weighted by Crippen LogP contribution is 2.35. The Morgan fingerprint density at radius 3 is 2.73 bits per heavy atom. The first-order chi connectivity index (χ1) is 14.4. The predicted molar refractivity (Wildman–Crippen MR) is 115 cm³/mol. The van der Waals surface area contributed by atoms with Crippen molar-refractivity contribution in [3.63, 3.8) is 0 Å². The molecule has 0 aromatic heterocycles. The molecule has 0 saturated carbocycles. The fraction of sp³-hybridized carbons (Fsp3) is 0.364. The molecule has 4 rings (SSSR count). The molecule has 0 aliphatic carbocycles. The summed E-state index contributed by atoms with van der Waals surface area (Å²) >= 11 is 6.43. The lowest BCUT2D eigenvalue weighted by Gasteiger charge is -2.31. The van der Waals surface area contributed by atoms with E-state index in [1.54, 1.807) is 37.3 Å². The van der Waals surface area contributed by atoms with E-state index < -0.39 is 5.92 Å². The largest absolute Gasteiger partial charge is 0.378 e. The SMILES string of the molecule is Cc1ccc(N2CC(C(=O)Nc3cccc(Cl)c3N3CCOCC3)CC2=O)cc1F. The third-order valence-electron chi connectivity index (χ3n) is 5.53. The van der Waals surface area contributed by atoms with Gasteiger partial charge in [0.2, 0.25) is 11.8 Å². The van der Waals surface area contributed by atoms with Crippen molar-refractivity contribution in [3.05, 3.63) is 52.8 Å². The molecule has 1 atom stereocenters. The monoisotopic (exact) mass is 431 g/mol. The van der Waals surface area contributed by atoms with Crippen LogP contribution >= 0.6 is 11.6 Å². The van der Waals surface area contributed by atoms with Crippen LogP contribution in [-0.2, 0) is 14.3 Å². The molecular formula is C22H23ClFN3O3. The number of nitrogens with one attached hydrogen (secondary N) is 1. The van der Waals surface area contributed by atoms with Crippen molar-refractivity contribution in [1.29, 1.82) is 0 Å². The average Bonchev–Trinajstić information content (AvgIpc) is 3.13. The van der Waals surface area contributed by atoms with Crippen LogP contribution in [0.1, 0.15) is 12.0 Å². The molecule has 2 fully saturated rings. The topological polar surface area (TPSA) is 61.9 Å². The molecular weight excluding hydrogens is 409 g/mol. The smallest absolute Gasteiger partial charge is 0.229 e. The van der Waals surface area contributed by atoms with Crippen molar-refractivity contribution in [3.8, 4) is 0 Å². The van der Waals surface area contributed by atoms with Crippen molar-refractivity contribution in [2.45, 2.75) is 13.3 Å². The van der Waals surface area contributed by atoms with E-state index in [4.69, 9.17) is 16.3 Å². The number of rotatable bonds is 4. The number of halogens is 2. The summed E-state index contributed by atoms with van der Waals surface area (Å²) < 4.78 is 19.3. The van der Waals surface area contributed by atoms with Gasteiger partial charge in [0.15, 0.2) is 0 Å². The molecule has 2 heterocycles. The molecule has 2 amide bonds. The van der Waals surface area contributed by atoms with Gasteiger partial charge in [-0.05, 0) is 36.8 Å². The second-order valence-electron chi connectivity index (χ2n) is 7.56. The molecule has 1 unspecified atom stereocenters. The number of para-hydroxylation sites is 1. The summed E-state index contributed by atoms with van der Waals surface area (Å²) in [6.07, 6.45) is 0.0782. The minimum absolute atomic E-state index is 0.0782. The lowest BCUT2D eigenvalue weighted by atomic mass is 10.1. The third-order valence-corrected chi connectivity index (χ3v) is 5.84. The maximum Gasteiger partial charge on any atom is 0.229 e. The fourth-order valence-corrected chi connectivity index (χ4v) is 4.14. The number of carbonyl (C=O) groups is 2. The van der Waals surface area contributed by atoms with E-state index in [9.17, 15) is 14.0 Å². The van der Waals surface area contributed by atoms with Crippen molar-refractivity contribution >= 4 is 40.5 Å². The van der Waals surface area contributed by atoms with Gasteiger partial charge >= 0.3 is 0 Å². The van der Waals surface area contributed by atoms with Gasteiger partial charge in [-0.2, -0.15) is 0 Å². The highest BCUT2D eigenvalue weighted by molar-refractivity contribution is 6.34. The van der Waals surface area contributed by atoms with Crippen LogP contribution in [-0.4, -0.2) is 44.7 Å². The molecule has 0 bridgehead atoms. The molecule has 0 spiro atoms. The van der Waals surface area contributed by atoms with Gasteiger partial charge in [0.05, 0.1) is 35.5 Å². The minimum atomic E-state index is -0.529. The molecule has 30 heavy (non-hydrogen) atoms. The zero-order valence-corrected chi connectivity index (χ0v) is 17.4. The Kier molecular flexibility index (Phi) is 5.92. The standard InChI is InChI=1S/C22H23ClFN3O3/c1-14-5-6-16(12-18(14)24)27-13-15(11-20(27)28)22(29)25-19-4-2-3-17(23)21(19)26-7-9-30-10-8-26/h2-6,12,15H,7-11,13H2,1H3,(H,25,29). The second-order valence-corrected chi connectivity index (χ2v) is 7.97. The van der Waals surface area contributed by atoms with Crippen molar-refractivity contribution in [1.82, 2.24) is 0 Å². The van der Waals surface area contributed by atoms with Gasteiger partial charge in [0.25, 0.3) is 0 Å². The van der Waals surface area contributed by atoms with E-state index in [-0.39, 0.29) is 30.6 Å². The number of ether oxygens (including phenoxy) is 1. The second kappa shape index (κ2) is 8.62. The molecule has 2 aromatic carbocycles. The summed E-state index contributed by atoms with van der Waals surface area (Å²) in [7, 11) is 0. The van der Waals surface area contributed by atoms with Crippen LogP contribution in [0.3, 0.4) is 0 Å². The van der Waals surface area contributed by atoms with Crippen molar-refractivity contribution in [2.24, 2.45) is 5.92 Å². The first-order valence-electron chi connectivity index (χ1n) is 9.92. The maximum absolute atomic E-state index is 13.9. The Labute approximate surface area is 179 Å². The number of hydrogen-bond acceptors (Lipinski definition) is 4. The number of benzene rings is 2. The number of carbonyl (C=O) groups excluding carboxylic acids is 2. The highest BCUT2D eigenvalue weighted by Gasteiger charge is 2.36. The van der Waals surface area contributed by atoms with Crippen LogP contribution in [0.5, 0.6) is 0 Å². The van der Waals surface area contributed by atoms with Gasteiger partial charge in [-0.25, -0.2) is 4.39 Å². The minimum Gasteiger partial charge on any atom is -0.378 e. The van der Waals surface area contributed by atoms with Gasteiger partial charge in [-0.15, -0.1) is 0 Å². The van der Waals surface area contributed by atoms with Crippen LogP contribution < -0.4 is 15.1 Å². The molecule has 0 radical (unpaired) electrons. The Bertz CT molecular complexity index is 978. The predicted octanol–water partition coefficient (Wildman–Crippen LogP) is 3.62. The van der Waals surface area contributed by atoms with Gasteiger partial charge in [-0.3, -0.25) is 9.59 Å². The van der Waals surface area contributed by atoms with E-state index in [1.165, 1.54) is 11.0 Å². The lowest BCUT2D eigenvalue weighted by Crippen LogP contribution is -2.37. The zero-order valence-electron chi connectivity index (χ0n) is 16.7. The molecule has 2 aliphatic rings. The van der Waals surface area contributed by atoms with Crippen LogP contribution in [0.2, 0.25) is 5.02 Å². The van der Waals surface area contributed by atoms with E-state index in [1.807, 2.05) is 0 Å². The highest BCUT2D eigenvalue weighted by atomic mass is 35.5. The van der Waals surface area contributed by atoms with Gasteiger partial charge < -0.3 is 19.9 Å². The molecule has 8 heteroatoms. The first kappa shape index (κ1) is 20.6. The normalized spacial score (nSPS) is 19.3. The fourth-order valence-electron chi connectivity index (χ4n) is 3.84. The average molecular weight is 432 g/mol. The van der Waals surface area contributed by atoms with Crippen LogP contribution in [0.4, 0.5) is 21.5 Å².